The zero-order valence-corrected chi connectivity index (χ0v) is 17.5. The lowest BCUT2D eigenvalue weighted by Crippen LogP contribution is -2.31. The van der Waals surface area contributed by atoms with Crippen LogP contribution in [0.25, 0.3) is 27.9 Å². The molecule has 6 heteroatoms. The number of carbonyl (C=O) groups excluding carboxylic acids is 1. The number of H-pyrrole nitrogens is 1. The normalized spacial score (nSPS) is 17.6. The van der Waals surface area contributed by atoms with Crippen LogP contribution in [0.3, 0.4) is 0 Å². The highest BCUT2D eigenvalue weighted by Gasteiger charge is 2.27. The van der Waals surface area contributed by atoms with Gasteiger partial charge in [0.2, 0.25) is 0 Å². The van der Waals surface area contributed by atoms with Crippen molar-refractivity contribution in [3.63, 3.8) is 0 Å². The fourth-order valence-corrected chi connectivity index (χ4v) is 4.72. The molecule has 1 fully saturated rings. The van der Waals surface area contributed by atoms with Crippen LogP contribution in [0.15, 0.2) is 65.6 Å². The summed E-state index contributed by atoms with van der Waals surface area (Å²) in [6.07, 6.45) is 1.94. The van der Waals surface area contributed by atoms with Gasteiger partial charge in [-0.15, -0.1) is 0 Å². The monoisotopic (exact) mass is 415 g/mol. The third-order valence-corrected chi connectivity index (χ3v) is 6.23. The van der Waals surface area contributed by atoms with Crippen molar-refractivity contribution in [3.8, 4) is 5.75 Å². The molecule has 0 aliphatic carbocycles. The second-order valence-corrected chi connectivity index (χ2v) is 8.45. The first-order valence-corrected chi connectivity index (χ1v) is 10.6. The number of fused-ring (bicyclic) bond motifs is 3. The smallest absolute Gasteiger partial charge is 0.260 e. The molecule has 1 aliphatic heterocycles. The molecule has 0 radical (unpaired) electrons. The van der Waals surface area contributed by atoms with Crippen molar-refractivity contribution < 1.29 is 9.53 Å². The van der Waals surface area contributed by atoms with Gasteiger partial charge in [-0.2, -0.15) is 0 Å². The first-order chi connectivity index (χ1) is 14.6. The van der Waals surface area contributed by atoms with Crippen LogP contribution in [0, 0.1) is 6.92 Å². The van der Waals surface area contributed by atoms with Gasteiger partial charge in [0.25, 0.3) is 5.91 Å². The molecule has 0 spiro atoms. The molecule has 150 valence electrons. The molecule has 0 bridgehead atoms. The van der Waals surface area contributed by atoms with Crippen molar-refractivity contribution in [2.75, 3.05) is 12.4 Å². The van der Waals surface area contributed by atoms with E-state index in [4.69, 9.17) is 4.74 Å². The Morgan fingerprint density at radius 1 is 1.03 bits per heavy atom. The maximum Gasteiger partial charge on any atom is 0.260 e. The van der Waals surface area contributed by atoms with Crippen LogP contribution in [0.1, 0.15) is 11.1 Å². The molecule has 1 amide bonds. The molecular formula is C24H21N3O2S. The third-order valence-electron chi connectivity index (χ3n) is 5.20. The SMILES string of the molecule is COc1ccc(C)cc1NC1NC(=O)/C(=C/c2ccc3[nH]c4ccccc4c3c2)S1. The average molecular weight is 416 g/mol. The Morgan fingerprint density at radius 3 is 2.73 bits per heavy atom. The van der Waals surface area contributed by atoms with Gasteiger partial charge in [-0.3, -0.25) is 4.79 Å². The van der Waals surface area contributed by atoms with Gasteiger partial charge in [-0.1, -0.05) is 42.1 Å². The van der Waals surface area contributed by atoms with E-state index in [1.807, 2.05) is 49.4 Å². The van der Waals surface area contributed by atoms with Crippen molar-refractivity contribution in [2.24, 2.45) is 0 Å². The number of carbonyl (C=O) groups is 1. The molecular weight excluding hydrogens is 394 g/mol. The summed E-state index contributed by atoms with van der Waals surface area (Å²) < 4.78 is 5.43. The average Bonchev–Trinajstić information content (AvgIpc) is 3.28. The van der Waals surface area contributed by atoms with Gasteiger partial charge in [0.1, 0.15) is 5.75 Å². The number of hydrogen-bond donors (Lipinski definition) is 3. The number of amides is 1. The van der Waals surface area contributed by atoms with E-state index in [2.05, 4.69) is 39.9 Å². The minimum atomic E-state index is -0.253. The summed E-state index contributed by atoms with van der Waals surface area (Å²) in [7, 11) is 1.64. The van der Waals surface area contributed by atoms with Crippen molar-refractivity contribution in [1.29, 1.82) is 0 Å². The summed E-state index contributed by atoms with van der Waals surface area (Å²) in [6, 6.07) is 20.4. The minimum absolute atomic E-state index is 0.0804. The Balaban J connectivity index is 1.42. The highest BCUT2D eigenvalue weighted by Crippen LogP contribution is 2.34. The molecule has 3 aromatic carbocycles. The van der Waals surface area contributed by atoms with E-state index in [0.29, 0.717) is 4.91 Å². The van der Waals surface area contributed by atoms with Crippen LogP contribution in [-0.2, 0) is 4.79 Å². The standard InChI is InChI=1S/C24H21N3O2S/c1-14-7-10-21(29-2)20(11-14)26-24-27-23(28)22(30-24)13-15-8-9-19-17(12-15)16-5-3-4-6-18(16)25-19/h3-13,24-26H,1-2H3,(H,27,28)/b22-13-. The van der Waals surface area contributed by atoms with E-state index >= 15 is 0 Å². The topological polar surface area (TPSA) is 66.2 Å². The molecule has 1 aliphatic rings. The Morgan fingerprint density at radius 2 is 1.87 bits per heavy atom. The lowest BCUT2D eigenvalue weighted by Gasteiger charge is -2.16. The number of hydrogen-bond acceptors (Lipinski definition) is 4. The zero-order valence-electron chi connectivity index (χ0n) is 16.7. The van der Waals surface area contributed by atoms with Crippen LogP contribution in [-0.4, -0.2) is 23.5 Å². The number of anilines is 1. The first kappa shape index (κ1) is 18.6. The lowest BCUT2D eigenvalue weighted by molar-refractivity contribution is -0.116. The zero-order chi connectivity index (χ0) is 20.7. The van der Waals surface area contributed by atoms with E-state index in [1.54, 1.807) is 7.11 Å². The molecule has 5 rings (SSSR count). The third kappa shape index (κ3) is 3.39. The highest BCUT2D eigenvalue weighted by atomic mass is 32.2. The summed E-state index contributed by atoms with van der Waals surface area (Å²) in [6.45, 7) is 2.02. The predicted molar refractivity (Wildman–Crippen MR) is 125 cm³/mol. The number of aromatic amines is 1. The van der Waals surface area contributed by atoms with E-state index in [-0.39, 0.29) is 11.4 Å². The molecule has 3 N–H and O–H groups in total. The van der Waals surface area contributed by atoms with Crippen LogP contribution in [0.4, 0.5) is 5.69 Å². The van der Waals surface area contributed by atoms with Gasteiger partial charge in [0.15, 0.2) is 5.50 Å². The largest absolute Gasteiger partial charge is 0.495 e. The van der Waals surface area contributed by atoms with Gasteiger partial charge >= 0.3 is 0 Å². The van der Waals surface area contributed by atoms with Gasteiger partial charge in [-0.25, -0.2) is 0 Å². The molecule has 5 nitrogen and oxygen atoms in total. The van der Waals surface area contributed by atoms with Crippen molar-refractivity contribution in [3.05, 3.63) is 76.7 Å². The second-order valence-electron chi connectivity index (χ2n) is 7.30. The summed E-state index contributed by atoms with van der Waals surface area (Å²) in [5.41, 5.74) is 4.93. The van der Waals surface area contributed by atoms with E-state index < -0.39 is 0 Å². The first-order valence-electron chi connectivity index (χ1n) is 9.71. The number of aromatic nitrogens is 1. The molecule has 1 unspecified atom stereocenters. The molecule has 1 atom stereocenters. The fraction of sp³-hybridized carbons (Fsp3) is 0.125. The molecule has 4 aromatic rings. The Labute approximate surface area is 178 Å². The number of para-hydroxylation sites is 1. The van der Waals surface area contributed by atoms with Gasteiger partial charge in [0.05, 0.1) is 17.7 Å². The van der Waals surface area contributed by atoms with E-state index in [1.165, 1.54) is 17.1 Å². The van der Waals surface area contributed by atoms with Crippen LogP contribution in [0.2, 0.25) is 0 Å². The van der Waals surface area contributed by atoms with Crippen molar-refractivity contribution in [2.45, 2.75) is 12.4 Å². The second kappa shape index (κ2) is 7.46. The molecule has 1 saturated heterocycles. The number of thioether (sulfide) groups is 1. The Hall–Kier alpha value is -3.38. The number of nitrogens with one attached hydrogen (secondary N) is 3. The highest BCUT2D eigenvalue weighted by molar-refractivity contribution is 8.05. The minimum Gasteiger partial charge on any atom is -0.495 e. The summed E-state index contributed by atoms with van der Waals surface area (Å²) in [5.74, 6) is 0.667. The number of benzene rings is 3. The van der Waals surface area contributed by atoms with Gasteiger partial charge in [0, 0.05) is 21.8 Å². The number of rotatable bonds is 4. The summed E-state index contributed by atoms with van der Waals surface area (Å²) in [5, 5.41) is 8.68. The maximum absolute atomic E-state index is 12.5. The fourth-order valence-electron chi connectivity index (χ4n) is 3.75. The Kier molecular flexibility index (Phi) is 4.64. The maximum atomic E-state index is 12.5. The molecule has 1 aromatic heterocycles. The van der Waals surface area contributed by atoms with E-state index in [0.717, 1.165) is 39.0 Å². The summed E-state index contributed by atoms with van der Waals surface area (Å²) >= 11 is 1.47. The van der Waals surface area contributed by atoms with Crippen LogP contribution >= 0.6 is 11.8 Å². The molecule has 0 saturated carbocycles. The number of ether oxygens (including phenoxy) is 1. The predicted octanol–water partition coefficient (Wildman–Crippen LogP) is 5.24. The number of aryl methyl sites for hydroxylation is 1. The van der Waals surface area contributed by atoms with Crippen molar-refractivity contribution >= 4 is 51.2 Å². The molecule has 30 heavy (non-hydrogen) atoms. The van der Waals surface area contributed by atoms with Crippen LogP contribution in [0.5, 0.6) is 5.75 Å². The quantitative estimate of drug-likeness (QED) is 0.399. The van der Waals surface area contributed by atoms with Crippen molar-refractivity contribution in [1.82, 2.24) is 10.3 Å². The summed E-state index contributed by atoms with van der Waals surface area (Å²) in [4.78, 5) is 16.7. The van der Waals surface area contributed by atoms with Crippen LogP contribution < -0.4 is 15.4 Å². The Bertz CT molecular complexity index is 1310. The lowest BCUT2D eigenvalue weighted by atomic mass is 10.1. The molecule has 2 heterocycles. The van der Waals surface area contributed by atoms with E-state index in [9.17, 15) is 4.79 Å². The van der Waals surface area contributed by atoms with Gasteiger partial charge in [-0.05, 0) is 54.5 Å². The number of methoxy groups -OCH3 is 1. The van der Waals surface area contributed by atoms with Gasteiger partial charge < -0.3 is 20.4 Å².